The fraction of sp³-hybridized carbons (Fsp3) is 0.222. The summed E-state index contributed by atoms with van der Waals surface area (Å²) in [4.78, 5) is 15.2. The summed E-state index contributed by atoms with van der Waals surface area (Å²) >= 11 is 6.50. The number of hydrogen-bond donors (Lipinski definition) is 2. The largest absolute Gasteiger partial charge is 0.496 e. The van der Waals surface area contributed by atoms with Crippen LogP contribution in [0.4, 0.5) is 0 Å². The molecular weight excluding hydrogens is 482 g/mol. The number of halogens is 1. The van der Waals surface area contributed by atoms with Crippen molar-refractivity contribution in [2.75, 3.05) is 13.7 Å². The third kappa shape index (κ3) is 6.21. The summed E-state index contributed by atoms with van der Waals surface area (Å²) in [6.07, 6.45) is -0.639. The van der Waals surface area contributed by atoms with Gasteiger partial charge in [0, 0.05) is 29.2 Å². The monoisotopic (exact) mass is 507 g/mol. The third-order valence-corrected chi connectivity index (χ3v) is 5.88. The molecule has 4 aromatic rings. The van der Waals surface area contributed by atoms with E-state index in [1.807, 2.05) is 67.6 Å². The van der Waals surface area contributed by atoms with Gasteiger partial charge in [0.25, 0.3) is 5.89 Å². The number of nitrogens with zero attached hydrogens (tertiary/aromatic N) is 2. The van der Waals surface area contributed by atoms with Crippen molar-refractivity contribution in [2.24, 2.45) is 0 Å². The van der Waals surface area contributed by atoms with E-state index in [-0.39, 0.29) is 12.3 Å². The summed E-state index contributed by atoms with van der Waals surface area (Å²) in [5.74, 6) is 1.23. The molecule has 0 spiro atoms. The predicted molar refractivity (Wildman–Crippen MR) is 135 cm³/mol. The van der Waals surface area contributed by atoms with Crippen LogP contribution in [0.5, 0.6) is 11.5 Å². The molecule has 0 saturated carbocycles. The van der Waals surface area contributed by atoms with E-state index in [1.165, 1.54) is 0 Å². The Bertz CT molecular complexity index is 1320. The van der Waals surface area contributed by atoms with Gasteiger partial charge >= 0.3 is 5.97 Å². The van der Waals surface area contributed by atoms with Crippen molar-refractivity contribution in [1.82, 2.24) is 15.5 Å². The first kappa shape index (κ1) is 25.2. The Morgan fingerprint density at radius 2 is 1.92 bits per heavy atom. The highest BCUT2D eigenvalue weighted by molar-refractivity contribution is 6.31. The van der Waals surface area contributed by atoms with Crippen LogP contribution in [0.2, 0.25) is 5.02 Å². The Morgan fingerprint density at radius 1 is 1.14 bits per heavy atom. The molecule has 8 nitrogen and oxygen atoms in total. The van der Waals surface area contributed by atoms with Crippen LogP contribution in [0, 0.1) is 6.92 Å². The van der Waals surface area contributed by atoms with E-state index in [0.29, 0.717) is 35.2 Å². The maximum atomic E-state index is 10.6. The molecule has 0 aliphatic carbocycles. The molecule has 1 heterocycles. The summed E-state index contributed by atoms with van der Waals surface area (Å²) in [7, 11) is 1.62. The lowest BCUT2D eigenvalue weighted by Gasteiger charge is -2.18. The normalized spacial score (nSPS) is 11.8. The number of carboxylic acid groups (broad SMARTS) is 1. The maximum Gasteiger partial charge on any atom is 0.304 e. The number of methoxy groups -OCH3 is 1. The lowest BCUT2D eigenvalue weighted by molar-refractivity contribution is -0.136. The molecule has 1 unspecified atom stereocenters. The van der Waals surface area contributed by atoms with Gasteiger partial charge in [0.05, 0.1) is 13.5 Å². The van der Waals surface area contributed by atoms with Gasteiger partial charge in [-0.3, -0.25) is 4.79 Å². The van der Waals surface area contributed by atoms with Gasteiger partial charge in [-0.15, -0.1) is 0 Å². The van der Waals surface area contributed by atoms with Gasteiger partial charge in [0.2, 0.25) is 11.9 Å². The zero-order valence-electron chi connectivity index (χ0n) is 19.9. The molecule has 36 heavy (non-hydrogen) atoms. The Hall–Kier alpha value is -3.88. The number of carbonyl (C=O) groups is 1. The van der Waals surface area contributed by atoms with E-state index >= 15 is 0 Å². The van der Waals surface area contributed by atoms with E-state index in [4.69, 9.17) is 30.7 Å². The fourth-order valence-electron chi connectivity index (χ4n) is 3.65. The lowest BCUT2D eigenvalue weighted by atomic mass is 10.1. The molecule has 0 fully saturated rings. The quantitative estimate of drug-likeness (QED) is 0.258. The van der Waals surface area contributed by atoms with Crippen molar-refractivity contribution in [3.63, 3.8) is 0 Å². The van der Waals surface area contributed by atoms with E-state index < -0.39 is 12.1 Å². The van der Waals surface area contributed by atoms with Gasteiger partial charge in [-0.25, -0.2) is 0 Å². The fourth-order valence-corrected chi connectivity index (χ4v) is 3.89. The third-order valence-electron chi connectivity index (χ3n) is 5.53. The molecule has 0 aliphatic heterocycles. The number of carboxylic acids is 1. The van der Waals surface area contributed by atoms with Crippen LogP contribution in [0.15, 0.2) is 71.3 Å². The number of nitrogens with one attached hydrogen (secondary N) is 1. The first-order valence-electron chi connectivity index (χ1n) is 11.4. The minimum absolute atomic E-state index is 0.0779. The molecule has 4 rings (SSSR count). The molecule has 0 bridgehead atoms. The minimum atomic E-state index is -0.827. The second-order valence-corrected chi connectivity index (χ2v) is 8.53. The molecule has 0 aliphatic rings. The van der Waals surface area contributed by atoms with Gasteiger partial charge in [0.15, 0.2) is 0 Å². The molecule has 9 heteroatoms. The number of aliphatic carboxylic acids is 1. The number of ether oxygens (including phenoxy) is 2. The second kappa shape index (κ2) is 11.7. The van der Waals surface area contributed by atoms with Crippen molar-refractivity contribution in [2.45, 2.75) is 26.0 Å². The molecule has 0 radical (unpaired) electrons. The smallest absolute Gasteiger partial charge is 0.304 e. The first-order chi connectivity index (χ1) is 17.4. The number of benzene rings is 3. The van der Waals surface area contributed by atoms with Crippen molar-refractivity contribution in [3.05, 3.63) is 94.3 Å². The summed E-state index contributed by atoms with van der Waals surface area (Å²) < 4.78 is 17.3. The molecule has 1 aromatic heterocycles. The second-order valence-electron chi connectivity index (χ2n) is 8.12. The Kier molecular flexibility index (Phi) is 8.20. The number of rotatable bonds is 11. The SMILES string of the molecule is COc1ccc(OC(c2nc(-c3ccc(CNCCC(=O)O)cc3)no2)c2ccccc2Cl)cc1C. The molecule has 2 N–H and O–H groups in total. The number of aryl methyl sites for hydroxylation is 1. The van der Waals surface area contributed by atoms with Crippen molar-refractivity contribution < 1.29 is 23.9 Å². The summed E-state index contributed by atoms with van der Waals surface area (Å²) in [6.45, 7) is 2.91. The van der Waals surface area contributed by atoms with Crippen LogP contribution < -0.4 is 14.8 Å². The average molecular weight is 508 g/mol. The molecule has 3 aromatic carbocycles. The van der Waals surface area contributed by atoms with Gasteiger partial charge in [-0.1, -0.05) is 59.2 Å². The topological polar surface area (TPSA) is 107 Å². The van der Waals surface area contributed by atoms with Gasteiger partial charge in [-0.2, -0.15) is 4.98 Å². The van der Waals surface area contributed by atoms with E-state index in [2.05, 4.69) is 15.5 Å². The highest BCUT2D eigenvalue weighted by Crippen LogP contribution is 2.34. The van der Waals surface area contributed by atoms with Crippen LogP contribution in [0.1, 0.15) is 35.1 Å². The molecule has 0 amide bonds. The minimum Gasteiger partial charge on any atom is -0.496 e. The van der Waals surface area contributed by atoms with Crippen molar-refractivity contribution in [1.29, 1.82) is 0 Å². The zero-order chi connectivity index (χ0) is 25.5. The van der Waals surface area contributed by atoms with Crippen LogP contribution in [0.3, 0.4) is 0 Å². The summed E-state index contributed by atoms with van der Waals surface area (Å²) in [5, 5.41) is 16.5. The van der Waals surface area contributed by atoms with Crippen LogP contribution in [0.25, 0.3) is 11.4 Å². The lowest BCUT2D eigenvalue weighted by Crippen LogP contribution is -2.17. The van der Waals surface area contributed by atoms with E-state index in [9.17, 15) is 4.79 Å². The molecule has 1 atom stereocenters. The average Bonchev–Trinajstić information content (AvgIpc) is 3.36. The molecule has 0 saturated heterocycles. The first-order valence-corrected chi connectivity index (χ1v) is 11.7. The van der Waals surface area contributed by atoms with E-state index in [0.717, 1.165) is 22.4 Å². The Balaban J connectivity index is 1.55. The maximum absolute atomic E-state index is 10.6. The standard InChI is InChI=1S/C27H26ClN3O5/c1-17-15-20(11-12-23(17)34-2)35-25(21-5-3-4-6-22(21)28)27-30-26(31-36-27)19-9-7-18(8-10-19)16-29-14-13-24(32)33/h3-12,15,25,29H,13-14,16H2,1-2H3,(H,32,33). The highest BCUT2D eigenvalue weighted by Gasteiger charge is 2.26. The van der Waals surface area contributed by atoms with Crippen LogP contribution >= 0.6 is 11.6 Å². The van der Waals surface area contributed by atoms with Crippen molar-refractivity contribution >= 4 is 17.6 Å². The van der Waals surface area contributed by atoms with Gasteiger partial charge in [-0.05, 0) is 42.3 Å². The zero-order valence-corrected chi connectivity index (χ0v) is 20.7. The Labute approximate surface area is 213 Å². The predicted octanol–water partition coefficient (Wildman–Crippen LogP) is 5.44. The molecule has 186 valence electrons. The van der Waals surface area contributed by atoms with Crippen LogP contribution in [-0.2, 0) is 11.3 Å². The van der Waals surface area contributed by atoms with Crippen LogP contribution in [-0.4, -0.2) is 34.9 Å². The number of hydrogen-bond acceptors (Lipinski definition) is 7. The summed E-state index contributed by atoms with van der Waals surface area (Å²) in [6, 6.07) is 20.5. The van der Waals surface area contributed by atoms with Crippen molar-refractivity contribution in [3.8, 4) is 22.9 Å². The molecular formula is C27H26ClN3O5. The van der Waals surface area contributed by atoms with E-state index in [1.54, 1.807) is 13.2 Å². The van der Waals surface area contributed by atoms with Gasteiger partial charge < -0.3 is 24.4 Å². The highest BCUT2D eigenvalue weighted by atomic mass is 35.5. The summed E-state index contributed by atoms with van der Waals surface area (Å²) in [5.41, 5.74) is 3.42. The van der Waals surface area contributed by atoms with Gasteiger partial charge in [0.1, 0.15) is 11.5 Å². The Morgan fingerprint density at radius 3 is 2.61 bits per heavy atom. The number of aromatic nitrogens is 2.